The van der Waals surface area contributed by atoms with Gasteiger partial charge in [-0.25, -0.2) is 0 Å². The van der Waals surface area contributed by atoms with Crippen LogP contribution in [-0.2, 0) is 4.79 Å². The number of rotatable bonds is 2. The van der Waals surface area contributed by atoms with Gasteiger partial charge in [0.05, 0.1) is 11.4 Å². The van der Waals surface area contributed by atoms with Crippen LogP contribution in [0.4, 0.5) is 11.4 Å². The van der Waals surface area contributed by atoms with Gasteiger partial charge in [-0.3, -0.25) is 4.79 Å². The Kier molecular flexibility index (Phi) is 3.18. The Morgan fingerprint density at radius 1 is 1.00 bits per heavy atom. The molecule has 3 nitrogen and oxygen atoms in total. The zero-order valence-corrected chi connectivity index (χ0v) is 11.7. The van der Waals surface area contributed by atoms with Crippen molar-refractivity contribution in [3.8, 4) is 0 Å². The average Bonchev–Trinajstić information content (AvgIpc) is 2.47. The van der Waals surface area contributed by atoms with Gasteiger partial charge in [0.15, 0.2) is 0 Å². The molecule has 1 atom stereocenters. The molecule has 102 valence electrons. The van der Waals surface area contributed by atoms with Crippen molar-refractivity contribution in [2.75, 3.05) is 10.2 Å². The molecule has 0 aliphatic carbocycles. The van der Waals surface area contributed by atoms with Crippen LogP contribution in [0.15, 0.2) is 54.6 Å². The van der Waals surface area contributed by atoms with Crippen LogP contribution in [0.2, 0.25) is 0 Å². The van der Waals surface area contributed by atoms with E-state index in [9.17, 15) is 4.79 Å². The van der Waals surface area contributed by atoms with Crippen molar-refractivity contribution in [1.82, 2.24) is 0 Å². The summed E-state index contributed by atoms with van der Waals surface area (Å²) in [5.41, 5.74) is 2.96. The van der Waals surface area contributed by atoms with Crippen LogP contribution >= 0.6 is 0 Å². The number of para-hydroxylation sites is 2. The molecule has 1 unspecified atom stereocenters. The summed E-state index contributed by atoms with van der Waals surface area (Å²) in [5, 5.41) is 3.36. The molecule has 0 radical (unpaired) electrons. The number of hydrogen-bond acceptors (Lipinski definition) is 2. The smallest absolute Gasteiger partial charge is 0.254 e. The topological polar surface area (TPSA) is 32.3 Å². The maximum absolute atomic E-state index is 12.8. The van der Waals surface area contributed by atoms with Crippen molar-refractivity contribution < 1.29 is 4.79 Å². The van der Waals surface area contributed by atoms with E-state index < -0.39 is 0 Å². The average molecular weight is 266 g/mol. The number of amides is 1. The maximum Gasteiger partial charge on any atom is 0.254 e. The van der Waals surface area contributed by atoms with Crippen LogP contribution in [0.3, 0.4) is 0 Å². The molecule has 1 amide bonds. The number of fused-ring (bicyclic) bond motifs is 1. The molecule has 0 fully saturated rings. The Hall–Kier alpha value is -2.29. The summed E-state index contributed by atoms with van der Waals surface area (Å²) in [4.78, 5) is 14.7. The highest BCUT2D eigenvalue weighted by molar-refractivity contribution is 6.05. The lowest BCUT2D eigenvalue weighted by Crippen LogP contribution is -2.45. The third-order valence-corrected chi connectivity index (χ3v) is 3.60. The van der Waals surface area contributed by atoms with E-state index in [1.54, 1.807) is 0 Å². The van der Waals surface area contributed by atoms with E-state index in [1.807, 2.05) is 73.3 Å². The highest BCUT2D eigenvalue weighted by Gasteiger charge is 2.34. The Labute approximate surface area is 119 Å². The van der Waals surface area contributed by atoms with Gasteiger partial charge in [-0.2, -0.15) is 0 Å². The zero-order valence-electron chi connectivity index (χ0n) is 11.7. The zero-order chi connectivity index (χ0) is 14.1. The minimum Gasteiger partial charge on any atom is -0.368 e. The van der Waals surface area contributed by atoms with E-state index in [1.165, 1.54) is 0 Å². The first-order chi connectivity index (χ1) is 9.68. The number of hydrogen-bond donors (Lipinski definition) is 1. The molecule has 20 heavy (non-hydrogen) atoms. The molecular formula is C17H18N2O. The standard InChI is InChI=1S/C17H18N2O/c1-12(2)19-15-11-7-6-10-14(15)18-16(17(19)20)13-8-4-3-5-9-13/h3-12,16,18H,1-2H3. The predicted octanol–water partition coefficient (Wildman–Crippen LogP) is 3.59. The Morgan fingerprint density at radius 3 is 2.35 bits per heavy atom. The second-order valence-electron chi connectivity index (χ2n) is 5.31. The van der Waals surface area contributed by atoms with Crippen molar-refractivity contribution in [3.05, 3.63) is 60.2 Å². The molecule has 0 saturated carbocycles. The van der Waals surface area contributed by atoms with E-state index in [-0.39, 0.29) is 18.0 Å². The molecule has 2 aromatic rings. The number of nitrogens with one attached hydrogen (secondary N) is 1. The van der Waals surface area contributed by atoms with Crippen LogP contribution in [0.5, 0.6) is 0 Å². The van der Waals surface area contributed by atoms with Crippen molar-refractivity contribution in [1.29, 1.82) is 0 Å². The third-order valence-electron chi connectivity index (χ3n) is 3.60. The van der Waals surface area contributed by atoms with Crippen molar-refractivity contribution in [2.24, 2.45) is 0 Å². The lowest BCUT2D eigenvalue weighted by molar-refractivity contribution is -0.120. The van der Waals surface area contributed by atoms with E-state index in [0.29, 0.717) is 0 Å². The van der Waals surface area contributed by atoms with Crippen molar-refractivity contribution in [3.63, 3.8) is 0 Å². The molecule has 0 spiro atoms. The fourth-order valence-corrected chi connectivity index (χ4v) is 2.68. The van der Waals surface area contributed by atoms with E-state index in [4.69, 9.17) is 0 Å². The quantitative estimate of drug-likeness (QED) is 0.900. The van der Waals surface area contributed by atoms with Gasteiger partial charge < -0.3 is 10.2 Å². The van der Waals surface area contributed by atoms with Crippen molar-refractivity contribution >= 4 is 17.3 Å². The number of benzene rings is 2. The third kappa shape index (κ3) is 2.05. The minimum atomic E-state index is -0.312. The molecule has 1 aliphatic rings. The second-order valence-corrected chi connectivity index (χ2v) is 5.31. The fraction of sp³-hybridized carbons (Fsp3) is 0.235. The Bertz CT molecular complexity index is 622. The normalized spacial score (nSPS) is 17.9. The molecular weight excluding hydrogens is 248 g/mol. The lowest BCUT2D eigenvalue weighted by Gasteiger charge is -2.37. The molecule has 3 rings (SSSR count). The summed E-state index contributed by atoms with van der Waals surface area (Å²) >= 11 is 0. The van der Waals surface area contributed by atoms with Gasteiger partial charge in [-0.15, -0.1) is 0 Å². The Morgan fingerprint density at radius 2 is 1.65 bits per heavy atom. The molecule has 1 aliphatic heterocycles. The molecule has 1 N–H and O–H groups in total. The first-order valence-electron chi connectivity index (χ1n) is 6.92. The number of anilines is 2. The van der Waals surface area contributed by atoms with Crippen LogP contribution in [0, 0.1) is 0 Å². The SMILES string of the molecule is CC(C)N1C(=O)C(c2ccccc2)Nc2ccccc21. The fourth-order valence-electron chi connectivity index (χ4n) is 2.68. The van der Waals surface area contributed by atoms with Crippen LogP contribution in [-0.4, -0.2) is 11.9 Å². The summed E-state index contributed by atoms with van der Waals surface area (Å²) in [7, 11) is 0. The largest absolute Gasteiger partial charge is 0.368 e. The summed E-state index contributed by atoms with van der Waals surface area (Å²) in [6.45, 7) is 4.09. The molecule has 1 heterocycles. The van der Waals surface area contributed by atoms with Crippen molar-refractivity contribution in [2.45, 2.75) is 25.9 Å². The van der Waals surface area contributed by atoms with Crippen LogP contribution in [0.1, 0.15) is 25.5 Å². The van der Waals surface area contributed by atoms with Gasteiger partial charge in [-0.1, -0.05) is 42.5 Å². The van der Waals surface area contributed by atoms with Gasteiger partial charge in [0.25, 0.3) is 5.91 Å². The first kappa shape index (κ1) is 12.7. The number of carbonyl (C=O) groups excluding carboxylic acids is 1. The van der Waals surface area contributed by atoms with E-state index in [0.717, 1.165) is 16.9 Å². The monoisotopic (exact) mass is 266 g/mol. The summed E-state index contributed by atoms with van der Waals surface area (Å²) in [6.07, 6.45) is 0. The molecule has 2 aromatic carbocycles. The van der Waals surface area contributed by atoms with Gasteiger partial charge in [0.1, 0.15) is 6.04 Å². The highest BCUT2D eigenvalue weighted by Crippen LogP contribution is 2.37. The predicted molar refractivity (Wildman–Crippen MR) is 81.9 cm³/mol. The molecule has 3 heteroatoms. The summed E-state index contributed by atoms with van der Waals surface area (Å²) < 4.78 is 0. The van der Waals surface area contributed by atoms with Gasteiger partial charge in [0.2, 0.25) is 0 Å². The molecule has 0 saturated heterocycles. The number of carbonyl (C=O) groups is 1. The summed E-state index contributed by atoms with van der Waals surface area (Å²) in [6, 6.07) is 17.7. The first-order valence-corrected chi connectivity index (χ1v) is 6.92. The maximum atomic E-state index is 12.8. The van der Waals surface area contributed by atoms with Gasteiger partial charge in [0, 0.05) is 6.04 Å². The van der Waals surface area contributed by atoms with E-state index >= 15 is 0 Å². The number of nitrogens with zero attached hydrogens (tertiary/aromatic N) is 1. The lowest BCUT2D eigenvalue weighted by atomic mass is 10.0. The van der Waals surface area contributed by atoms with Crippen LogP contribution in [0.25, 0.3) is 0 Å². The molecule has 0 aromatic heterocycles. The van der Waals surface area contributed by atoms with Gasteiger partial charge in [-0.05, 0) is 31.5 Å². The second kappa shape index (κ2) is 5.00. The van der Waals surface area contributed by atoms with Gasteiger partial charge >= 0.3 is 0 Å². The summed E-state index contributed by atoms with van der Waals surface area (Å²) in [5.74, 6) is 0.102. The minimum absolute atomic E-state index is 0.102. The Balaban J connectivity index is 2.07. The van der Waals surface area contributed by atoms with E-state index in [2.05, 4.69) is 5.32 Å². The molecule has 0 bridgehead atoms. The van der Waals surface area contributed by atoms with Crippen LogP contribution < -0.4 is 10.2 Å². The highest BCUT2D eigenvalue weighted by atomic mass is 16.2.